The van der Waals surface area contributed by atoms with Crippen molar-refractivity contribution in [2.24, 2.45) is 0 Å². The zero-order valence-electron chi connectivity index (χ0n) is 14.5. The monoisotopic (exact) mass is 340 g/mol. The van der Waals surface area contributed by atoms with Crippen molar-refractivity contribution in [3.05, 3.63) is 102 Å². The van der Waals surface area contributed by atoms with Crippen LogP contribution >= 0.6 is 0 Å². The standard InChI is InChI=1S/C23H20N2O/c1-2-9-18-12-8-13-19(23(18)26)22-20(16-17-10-4-3-5-11-17)25-15-7-6-14-21(25)24-22/h2-8,10-15,26H,1,9,16H2. The largest absolute Gasteiger partial charge is 0.507 e. The third-order valence-electron chi connectivity index (χ3n) is 4.58. The molecule has 0 spiro atoms. The molecule has 0 unspecified atom stereocenters. The van der Waals surface area contributed by atoms with Crippen molar-refractivity contribution in [1.29, 1.82) is 0 Å². The molecule has 0 aliphatic rings. The fourth-order valence-corrected chi connectivity index (χ4v) is 3.32. The summed E-state index contributed by atoms with van der Waals surface area (Å²) >= 11 is 0. The first-order valence-electron chi connectivity index (χ1n) is 8.70. The van der Waals surface area contributed by atoms with E-state index in [0.29, 0.717) is 6.42 Å². The highest BCUT2D eigenvalue weighted by Gasteiger charge is 2.18. The zero-order valence-corrected chi connectivity index (χ0v) is 14.5. The molecule has 0 amide bonds. The molecule has 0 bridgehead atoms. The number of aromatic hydroxyl groups is 1. The quantitative estimate of drug-likeness (QED) is 0.518. The molecule has 0 aliphatic heterocycles. The van der Waals surface area contributed by atoms with Crippen LogP contribution in [0.1, 0.15) is 16.8 Å². The third-order valence-corrected chi connectivity index (χ3v) is 4.58. The number of fused-ring (bicyclic) bond motifs is 1. The minimum Gasteiger partial charge on any atom is -0.507 e. The maximum atomic E-state index is 10.8. The van der Waals surface area contributed by atoms with Gasteiger partial charge in [-0.25, -0.2) is 4.98 Å². The number of benzene rings is 2. The van der Waals surface area contributed by atoms with Crippen LogP contribution in [0.15, 0.2) is 85.6 Å². The predicted molar refractivity (Wildman–Crippen MR) is 105 cm³/mol. The van der Waals surface area contributed by atoms with Gasteiger partial charge in [-0.3, -0.25) is 0 Å². The van der Waals surface area contributed by atoms with Crippen LogP contribution in [0.2, 0.25) is 0 Å². The molecule has 4 aromatic rings. The highest BCUT2D eigenvalue weighted by molar-refractivity contribution is 5.74. The van der Waals surface area contributed by atoms with Gasteiger partial charge < -0.3 is 9.51 Å². The van der Waals surface area contributed by atoms with Crippen LogP contribution in [0.3, 0.4) is 0 Å². The van der Waals surface area contributed by atoms with Gasteiger partial charge >= 0.3 is 0 Å². The Hall–Kier alpha value is -3.33. The fourth-order valence-electron chi connectivity index (χ4n) is 3.32. The average Bonchev–Trinajstić information content (AvgIpc) is 3.03. The van der Waals surface area contributed by atoms with Crippen molar-refractivity contribution in [2.75, 3.05) is 0 Å². The van der Waals surface area contributed by atoms with E-state index in [1.807, 2.05) is 60.8 Å². The summed E-state index contributed by atoms with van der Waals surface area (Å²) in [6.45, 7) is 3.78. The normalized spacial score (nSPS) is 10.9. The highest BCUT2D eigenvalue weighted by atomic mass is 16.3. The Balaban J connectivity index is 1.91. The molecule has 2 aromatic heterocycles. The SMILES string of the molecule is C=CCc1cccc(-c2nc3ccccn3c2Cc2ccccc2)c1O. The second-order valence-corrected chi connectivity index (χ2v) is 6.30. The Morgan fingerprint density at radius 3 is 2.58 bits per heavy atom. The first-order valence-corrected chi connectivity index (χ1v) is 8.70. The maximum Gasteiger partial charge on any atom is 0.137 e. The van der Waals surface area contributed by atoms with Gasteiger partial charge in [-0.05, 0) is 35.7 Å². The van der Waals surface area contributed by atoms with Crippen LogP contribution < -0.4 is 0 Å². The number of aromatic nitrogens is 2. The van der Waals surface area contributed by atoms with Gasteiger partial charge in [0, 0.05) is 18.2 Å². The molecule has 0 atom stereocenters. The molecule has 128 valence electrons. The van der Waals surface area contributed by atoms with Crippen molar-refractivity contribution < 1.29 is 5.11 Å². The van der Waals surface area contributed by atoms with Crippen LogP contribution in [0.5, 0.6) is 5.75 Å². The Morgan fingerprint density at radius 1 is 0.962 bits per heavy atom. The van der Waals surface area contributed by atoms with Gasteiger partial charge in [-0.2, -0.15) is 0 Å². The van der Waals surface area contributed by atoms with Crippen molar-refractivity contribution in [3.63, 3.8) is 0 Å². The van der Waals surface area contributed by atoms with Crippen LogP contribution in [0, 0.1) is 0 Å². The first-order chi connectivity index (χ1) is 12.8. The lowest BCUT2D eigenvalue weighted by Crippen LogP contribution is -1.97. The van der Waals surface area contributed by atoms with Crippen LogP contribution in [0.4, 0.5) is 0 Å². The number of allylic oxidation sites excluding steroid dienone is 1. The molecular formula is C23H20N2O. The number of pyridine rings is 1. The minimum atomic E-state index is 0.283. The van der Waals surface area contributed by atoms with E-state index in [1.54, 1.807) is 6.08 Å². The van der Waals surface area contributed by atoms with Gasteiger partial charge in [-0.15, -0.1) is 6.58 Å². The second-order valence-electron chi connectivity index (χ2n) is 6.30. The molecule has 4 rings (SSSR count). The summed E-state index contributed by atoms with van der Waals surface area (Å²) in [4.78, 5) is 4.82. The molecule has 0 radical (unpaired) electrons. The van der Waals surface area contributed by atoms with E-state index in [2.05, 4.69) is 23.1 Å². The van der Waals surface area contributed by atoms with E-state index >= 15 is 0 Å². The van der Waals surface area contributed by atoms with E-state index in [4.69, 9.17) is 4.98 Å². The van der Waals surface area contributed by atoms with Crippen molar-refractivity contribution >= 4 is 5.65 Å². The summed E-state index contributed by atoms with van der Waals surface area (Å²) in [5.41, 5.74) is 5.60. The molecule has 26 heavy (non-hydrogen) atoms. The Morgan fingerprint density at radius 2 is 1.77 bits per heavy atom. The lowest BCUT2D eigenvalue weighted by atomic mass is 10.0. The Kier molecular flexibility index (Phi) is 4.28. The molecule has 1 N–H and O–H groups in total. The number of para-hydroxylation sites is 1. The molecule has 0 saturated carbocycles. The van der Waals surface area contributed by atoms with E-state index in [-0.39, 0.29) is 5.75 Å². The average molecular weight is 340 g/mol. The smallest absolute Gasteiger partial charge is 0.137 e. The summed E-state index contributed by atoms with van der Waals surface area (Å²) in [6, 6.07) is 22.1. The van der Waals surface area contributed by atoms with Gasteiger partial charge in [0.1, 0.15) is 11.4 Å². The minimum absolute atomic E-state index is 0.283. The summed E-state index contributed by atoms with van der Waals surface area (Å²) in [5.74, 6) is 0.283. The van der Waals surface area contributed by atoms with E-state index < -0.39 is 0 Å². The van der Waals surface area contributed by atoms with E-state index in [1.165, 1.54) is 5.56 Å². The first kappa shape index (κ1) is 16.2. The highest BCUT2D eigenvalue weighted by Crippen LogP contribution is 2.35. The van der Waals surface area contributed by atoms with E-state index in [0.717, 1.165) is 34.6 Å². The number of rotatable bonds is 5. The number of phenols is 1. The van der Waals surface area contributed by atoms with Gasteiger partial charge in [0.2, 0.25) is 0 Å². The Bertz CT molecular complexity index is 1060. The number of phenolic OH excluding ortho intramolecular Hbond substituents is 1. The molecular weight excluding hydrogens is 320 g/mol. The maximum absolute atomic E-state index is 10.8. The lowest BCUT2D eigenvalue weighted by molar-refractivity contribution is 0.471. The predicted octanol–water partition coefficient (Wildman–Crippen LogP) is 5.03. The number of imidazole rings is 1. The number of nitrogens with zero attached hydrogens (tertiary/aromatic N) is 2. The van der Waals surface area contributed by atoms with Crippen LogP contribution in [0.25, 0.3) is 16.9 Å². The van der Waals surface area contributed by atoms with Crippen molar-refractivity contribution in [1.82, 2.24) is 9.38 Å². The number of hydrogen-bond acceptors (Lipinski definition) is 2. The zero-order chi connectivity index (χ0) is 17.9. The molecule has 3 heteroatoms. The molecule has 0 fully saturated rings. The molecule has 2 heterocycles. The topological polar surface area (TPSA) is 37.5 Å². The molecule has 0 aliphatic carbocycles. The summed E-state index contributed by atoms with van der Waals surface area (Å²) in [6.07, 6.45) is 5.19. The van der Waals surface area contributed by atoms with E-state index in [9.17, 15) is 5.11 Å². The Labute approximate surface area is 152 Å². The van der Waals surface area contributed by atoms with Gasteiger partial charge in [0.15, 0.2) is 0 Å². The fraction of sp³-hybridized carbons (Fsp3) is 0.0870. The number of hydrogen-bond donors (Lipinski definition) is 1. The molecule has 2 aromatic carbocycles. The van der Waals surface area contributed by atoms with Gasteiger partial charge in [0.25, 0.3) is 0 Å². The van der Waals surface area contributed by atoms with Gasteiger partial charge in [-0.1, -0.05) is 54.6 Å². The molecule has 3 nitrogen and oxygen atoms in total. The summed E-state index contributed by atoms with van der Waals surface area (Å²) < 4.78 is 2.10. The second kappa shape index (κ2) is 6.89. The van der Waals surface area contributed by atoms with Crippen molar-refractivity contribution in [3.8, 4) is 17.0 Å². The molecule has 0 saturated heterocycles. The third kappa shape index (κ3) is 2.88. The summed E-state index contributed by atoms with van der Waals surface area (Å²) in [5, 5.41) is 10.8. The lowest BCUT2D eigenvalue weighted by Gasteiger charge is -2.10. The van der Waals surface area contributed by atoms with Gasteiger partial charge in [0.05, 0.1) is 11.4 Å². The van der Waals surface area contributed by atoms with Crippen LogP contribution in [-0.2, 0) is 12.8 Å². The van der Waals surface area contributed by atoms with Crippen LogP contribution in [-0.4, -0.2) is 14.5 Å². The van der Waals surface area contributed by atoms with Crippen molar-refractivity contribution in [2.45, 2.75) is 12.8 Å². The summed E-state index contributed by atoms with van der Waals surface area (Å²) in [7, 11) is 0.